The van der Waals surface area contributed by atoms with Gasteiger partial charge in [0.25, 0.3) is 0 Å². The molecule has 0 atom stereocenters. The Morgan fingerprint density at radius 3 is 2.78 bits per heavy atom. The molecule has 18 heavy (non-hydrogen) atoms. The van der Waals surface area contributed by atoms with E-state index in [-0.39, 0.29) is 11.9 Å². The summed E-state index contributed by atoms with van der Waals surface area (Å²) in [6.07, 6.45) is 6.43. The Morgan fingerprint density at radius 1 is 1.44 bits per heavy atom. The first-order valence-electron chi connectivity index (χ1n) is 6.16. The highest BCUT2D eigenvalue weighted by Gasteiger charge is 2.38. The van der Waals surface area contributed by atoms with E-state index in [1.54, 1.807) is 6.07 Å². The van der Waals surface area contributed by atoms with Gasteiger partial charge in [-0.3, -0.25) is 10.1 Å². The Morgan fingerprint density at radius 2 is 2.17 bits per heavy atom. The van der Waals surface area contributed by atoms with E-state index in [4.69, 9.17) is 17.3 Å². The number of nitrogens with two attached hydrogens (primary N) is 1. The third kappa shape index (κ3) is 2.79. The second kappa shape index (κ2) is 5.63. The SMILES string of the molecule is NCC1(C(=O)Nc2nccc(Cl)n2)CCCCC1. The maximum atomic E-state index is 12.3. The van der Waals surface area contributed by atoms with Crippen molar-refractivity contribution in [3.05, 3.63) is 17.4 Å². The Bertz CT molecular complexity index is 432. The van der Waals surface area contributed by atoms with Gasteiger partial charge in [-0.05, 0) is 18.9 Å². The smallest absolute Gasteiger partial charge is 0.234 e. The van der Waals surface area contributed by atoms with E-state index >= 15 is 0 Å². The van der Waals surface area contributed by atoms with Crippen LogP contribution in [0.3, 0.4) is 0 Å². The summed E-state index contributed by atoms with van der Waals surface area (Å²) in [7, 11) is 0. The summed E-state index contributed by atoms with van der Waals surface area (Å²) in [6.45, 7) is 0.361. The van der Waals surface area contributed by atoms with Crippen LogP contribution in [0.25, 0.3) is 0 Å². The molecule has 1 aromatic heterocycles. The molecule has 5 nitrogen and oxygen atoms in total. The van der Waals surface area contributed by atoms with Crippen LogP contribution >= 0.6 is 11.6 Å². The third-order valence-corrected chi connectivity index (χ3v) is 3.74. The van der Waals surface area contributed by atoms with Gasteiger partial charge in [0.2, 0.25) is 11.9 Å². The van der Waals surface area contributed by atoms with Crippen molar-refractivity contribution in [2.75, 3.05) is 11.9 Å². The van der Waals surface area contributed by atoms with Gasteiger partial charge in [0.05, 0.1) is 5.41 Å². The van der Waals surface area contributed by atoms with Crippen molar-refractivity contribution >= 4 is 23.5 Å². The van der Waals surface area contributed by atoms with Crippen molar-refractivity contribution in [2.24, 2.45) is 11.1 Å². The lowest BCUT2D eigenvalue weighted by Crippen LogP contribution is -2.44. The summed E-state index contributed by atoms with van der Waals surface area (Å²) in [5.74, 6) is 0.151. The number of nitrogens with zero attached hydrogens (tertiary/aromatic N) is 2. The van der Waals surface area contributed by atoms with Gasteiger partial charge < -0.3 is 5.73 Å². The number of rotatable bonds is 3. The molecular formula is C12H17ClN4O. The van der Waals surface area contributed by atoms with Gasteiger partial charge in [-0.1, -0.05) is 30.9 Å². The standard InChI is InChI=1S/C12H17ClN4O/c13-9-4-7-15-11(16-9)17-10(18)12(8-14)5-2-1-3-6-12/h4,7H,1-3,5-6,8,14H2,(H,15,16,17,18). The molecule has 1 aliphatic carbocycles. The first-order valence-corrected chi connectivity index (χ1v) is 6.54. The molecule has 0 aliphatic heterocycles. The predicted molar refractivity (Wildman–Crippen MR) is 70.2 cm³/mol. The zero-order valence-electron chi connectivity index (χ0n) is 10.2. The summed E-state index contributed by atoms with van der Waals surface area (Å²) in [5.41, 5.74) is 5.33. The van der Waals surface area contributed by atoms with Crippen molar-refractivity contribution in [3.63, 3.8) is 0 Å². The lowest BCUT2D eigenvalue weighted by Gasteiger charge is -2.34. The second-order valence-corrected chi connectivity index (χ2v) is 5.09. The van der Waals surface area contributed by atoms with Gasteiger partial charge in [0, 0.05) is 12.7 Å². The minimum absolute atomic E-state index is 0.0908. The fraction of sp³-hybridized carbons (Fsp3) is 0.583. The monoisotopic (exact) mass is 268 g/mol. The van der Waals surface area contributed by atoms with Crippen molar-refractivity contribution in [1.82, 2.24) is 9.97 Å². The van der Waals surface area contributed by atoms with Crippen LogP contribution in [-0.2, 0) is 4.79 Å². The number of carbonyl (C=O) groups excluding carboxylic acids is 1. The molecule has 0 aromatic carbocycles. The molecule has 1 aliphatic rings. The molecule has 0 saturated heterocycles. The van der Waals surface area contributed by atoms with Crippen LogP contribution in [0, 0.1) is 5.41 Å². The Labute approximate surface area is 111 Å². The van der Waals surface area contributed by atoms with Crippen molar-refractivity contribution < 1.29 is 4.79 Å². The first kappa shape index (κ1) is 13.2. The summed E-state index contributed by atoms with van der Waals surface area (Å²) in [5, 5.41) is 3.03. The highest BCUT2D eigenvalue weighted by atomic mass is 35.5. The van der Waals surface area contributed by atoms with Gasteiger partial charge in [-0.2, -0.15) is 0 Å². The first-order chi connectivity index (χ1) is 8.66. The van der Waals surface area contributed by atoms with Crippen LogP contribution in [0.15, 0.2) is 12.3 Å². The van der Waals surface area contributed by atoms with E-state index in [1.165, 1.54) is 12.6 Å². The minimum atomic E-state index is -0.468. The van der Waals surface area contributed by atoms with Gasteiger partial charge in [0.1, 0.15) is 5.15 Å². The van der Waals surface area contributed by atoms with Gasteiger partial charge >= 0.3 is 0 Å². The lowest BCUT2D eigenvalue weighted by atomic mass is 9.73. The summed E-state index contributed by atoms with van der Waals surface area (Å²) in [6, 6.07) is 1.57. The molecule has 2 rings (SSSR count). The number of hydrogen-bond donors (Lipinski definition) is 2. The number of carbonyl (C=O) groups is 1. The zero-order chi connectivity index (χ0) is 13.0. The number of aromatic nitrogens is 2. The van der Waals surface area contributed by atoms with E-state index in [0.29, 0.717) is 11.7 Å². The zero-order valence-corrected chi connectivity index (χ0v) is 10.9. The summed E-state index contributed by atoms with van der Waals surface area (Å²) in [4.78, 5) is 20.2. The average Bonchev–Trinajstić information content (AvgIpc) is 2.39. The van der Waals surface area contributed by atoms with Gasteiger partial charge in [-0.15, -0.1) is 0 Å². The molecule has 98 valence electrons. The third-order valence-electron chi connectivity index (χ3n) is 3.53. The van der Waals surface area contributed by atoms with Crippen molar-refractivity contribution in [3.8, 4) is 0 Å². The van der Waals surface area contributed by atoms with Crippen LogP contribution in [0.4, 0.5) is 5.95 Å². The molecule has 1 fully saturated rings. The quantitative estimate of drug-likeness (QED) is 0.822. The fourth-order valence-electron chi connectivity index (χ4n) is 2.38. The Balaban J connectivity index is 2.10. The normalized spacial score (nSPS) is 18.3. The molecule has 3 N–H and O–H groups in total. The van der Waals surface area contributed by atoms with Crippen molar-refractivity contribution in [2.45, 2.75) is 32.1 Å². The molecule has 6 heteroatoms. The van der Waals surface area contributed by atoms with Gasteiger partial charge in [0.15, 0.2) is 0 Å². The highest BCUT2D eigenvalue weighted by Crippen LogP contribution is 2.36. The maximum Gasteiger partial charge on any atom is 0.234 e. The molecule has 1 saturated carbocycles. The van der Waals surface area contributed by atoms with E-state index < -0.39 is 5.41 Å². The molecule has 0 bridgehead atoms. The van der Waals surface area contributed by atoms with E-state index in [0.717, 1.165) is 25.7 Å². The molecule has 1 heterocycles. The molecule has 0 spiro atoms. The number of amides is 1. The van der Waals surface area contributed by atoms with Crippen LogP contribution < -0.4 is 11.1 Å². The topological polar surface area (TPSA) is 80.9 Å². The molecule has 1 aromatic rings. The molecular weight excluding hydrogens is 252 g/mol. The molecule has 0 unspecified atom stereocenters. The van der Waals surface area contributed by atoms with Crippen LogP contribution in [0.1, 0.15) is 32.1 Å². The summed E-state index contributed by atoms with van der Waals surface area (Å²) < 4.78 is 0. The van der Waals surface area contributed by atoms with Crippen LogP contribution in [0.5, 0.6) is 0 Å². The van der Waals surface area contributed by atoms with E-state index in [2.05, 4.69) is 15.3 Å². The van der Waals surface area contributed by atoms with Crippen molar-refractivity contribution in [1.29, 1.82) is 0 Å². The van der Waals surface area contributed by atoms with E-state index in [9.17, 15) is 4.79 Å². The van der Waals surface area contributed by atoms with Crippen LogP contribution in [-0.4, -0.2) is 22.4 Å². The number of hydrogen-bond acceptors (Lipinski definition) is 4. The number of nitrogens with one attached hydrogen (secondary N) is 1. The average molecular weight is 269 g/mol. The van der Waals surface area contributed by atoms with Gasteiger partial charge in [-0.25, -0.2) is 9.97 Å². The second-order valence-electron chi connectivity index (χ2n) is 4.70. The molecule has 1 amide bonds. The molecule has 0 radical (unpaired) electrons. The lowest BCUT2D eigenvalue weighted by molar-refractivity contribution is -0.126. The Kier molecular flexibility index (Phi) is 4.14. The van der Waals surface area contributed by atoms with Crippen LogP contribution in [0.2, 0.25) is 5.15 Å². The fourth-order valence-corrected chi connectivity index (χ4v) is 2.52. The predicted octanol–water partition coefficient (Wildman–Crippen LogP) is 1.98. The minimum Gasteiger partial charge on any atom is -0.329 e. The van der Waals surface area contributed by atoms with E-state index in [1.807, 2.05) is 0 Å². The number of anilines is 1. The maximum absolute atomic E-state index is 12.3. The summed E-state index contributed by atoms with van der Waals surface area (Å²) >= 11 is 5.76. The largest absolute Gasteiger partial charge is 0.329 e. The number of halogens is 1. The highest BCUT2D eigenvalue weighted by molar-refractivity contribution is 6.29. The Hall–Kier alpha value is -1.20.